The minimum atomic E-state index is -0.387. The highest BCUT2D eigenvalue weighted by Gasteiger charge is 2.50. The number of carbonyl (C=O) groups excluding carboxylic acids is 1. The molecule has 2 aromatic carbocycles. The molecule has 4 unspecified atom stereocenters. The van der Waals surface area contributed by atoms with Gasteiger partial charge in [-0.1, -0.05) is 37.3 Å². The topological polar surface area (TPSA) is 107 Å². The summed E-state index contributed by atoms with van der Waals surface area (Å²) in [5.41, 5.74) is 4.91. The Morgan fingerprint density at radius 2 is 1.88 bits per heavy atom. The predicted molar refractivity (Wildman–Crippen MR) is 191 cm³/mol. The van der Waals surface area contributed by atoms with Gasteiger partial charge in [-0.05, 0) is 74.9 Å². The van der Waals surface area contributed by atoms with Crippen LogP contribution in [-0.4, -0.2) is 114 Å². The average Bonchev–Trinajstić information content (AvgIpc) is 3.81. The second-order valence-corrected chi connectivity index (χ2v) is 14.8. The van der Waals surface area contributed by atoms with Gasteiger partial charge in [0.2, 0.25) is 0 Å². The fourth-order valence-electron chi connectivity index (χ4n) is 9.35. The fraction of sp³-hybridized carbons (Fsp3) is 0.605. The van der Waals surface area contributed by atoms with Gasteiger partial charge in [-0.3, -0.25) is 4.90 Å². The zero-order valence-electron chi connectivity index (χ0n) is 29.1. The van der Waals surface area contributed by atoms with Crippen LogP contribution in [0.25, 0.3) is 10.8 Å². The molecule has 2 bridgehead atoms. The first kappa shape index (κ1) is 32.5. The number of aromatic nitrogens is 2. The molecule has 0 spiro atoms. The van der Waals surface area contributed by atoms with Crippen LogP contribution in [0.15, 0.2) is 36.4 Å². The van der Waals surface area contributed by atoms with E-state index in [-0.39, 0.29) is 30.8 Å². The number of aliphatic hydroxyl groups is 1. The second kappa shape index (κ2) is 13.6. The maximum atomic E-state index is 12.4. The summed E-state index contributed by atoms with van der Waals surface area (Å²) in [6.07, 6.45) is 8.06. The summed E-state index contributed by atoms with van der Waals surface area (Å²) in [7, 11) is 1.66. The van der Waals surface area contributed by atoms with Gasteiger partial charge in [0.15, 0.2) is 0 Å². The van der Waals surface area contributed by atoms with E-state index in [4.69, 9.17) is 19.4 Å². The fourth-order valence-corrected chi connectivity index (χ4v) is 9.35. The van der Waals surface area contributed by atoms with Gasteiger partial charge in [0.25, 0.3) is 0 Å². The summed E-state index contributed by atoms with van der Waals surface area (Å²) in [6.45, 7) is 7.88. The smallest absolute Gasteiger partial charge is 0.409 e. The van der Waals surface area contributed by atoms with E-state index in [0.717, 1.165) is 82.8 Å². The van der Waals surface area contributed by atoms with E-state index in [1.54, 1.807) is 7.05 Å². The third kappa shape index (κ3) is 6.18. The Kier molecular flexibility index (Phi) is 9.01. The van der Waals surface area contributed by atoms with E-state index < -0.39 is 0 Å². The molecule has 5 aliphatic rings. The van der Waals surface area contributed by atoms with Crippen molar-refractivity contribution < 1.29 is 19.4 Å². The van der Waals surface area contributed by atoms with Crippen molar-refractivity contribution in [1.29, 1.82) is 0 Å². The third-order valence-corrected chi connectivity index (χ3v) is 11.9. The van der Waals surface area contributed by atoms with Crippen LogP contribution >= 0.6 is 0 Å². The van der Waals surface area contributed by atoms with Crippen molar-refractivity contribution in [2.45, 2.75) is 88.5 Å². The van der Waals surface area contributed by atoms with Crippen molar-refractivity contribution in [3.63, 3.8) is 0 Å². The number of amides is 1. The lowest BCUT2D eigenvalue weighted by Gasteiger charge is -2.38. The lowest BCUT2D eigenvalue weighted by molar-refractivity contribution is 0.0449. The molecule has 0 radical (unpaired) electrons. The first-order chi connectivity index (χ1) is 23.9. The molecule has 11 nitrogen and oxygen atoms in total. The molecule has 49 heavy (non-hydrogen) atoms. The van der Waals surface area contributed by atoms with E-state index in [1.807, 2.05) is 0 Å². The molecule has 3 aromatic rings. The predicted octanol–water partition coefficient (Wildman–Crippen LogP) is 4.13. The van der Waals surface area contributed by atoms with Gasteiger partial charge in [0.05, 0.1) is 24.4 Å². The number of carbonyl (C=O) groups is 1. The molecule has 262 valence electrons. The minimum absolute atomic E-state index is 0.0785. The van der Waals surface area contributed by atoms with Gasteiger partial charge >= 0.3 is 12.1 Å². The van der Waals surface area contributed by atoms with Crippen molar-refractivity contribution in [3.8, 4) is 6.01 Å². The number of fused-ring (bicyclic) bond motifs is 5. The SMILES string of the molecule is CCc1cccc2cccc(N3CCc4c(nc(OCC56CCCN5C(COC(=O)N(C)CCO)CC6)nc4N4CC5CCC(C4)N5)C3)c12. The van der Waals surface area contributed by atoms with Gasteiger partial charge in [0, 0.05) is 68.0 Å². The summed E-state index contributed by atoms with van der Waals surface area (Å²) >= 11 is 0. The first-order valence-electron chi connectivity index (χ1n) is 18.5. The second-order valence-electron chi connectivity index (χ2n) is 14.8. The Morgan fingerprint density at radius 1 is 1.06 bits per heavy atom. The van der Waals surface area contributed by atoms with E-state index in [0.29, 0.717) is 31.3 Å². The number of aryl methyl sites for hydroxylation is 1. The van der Waals surface area contributed by atoms with Gasteiger partial charge < -0.3 is 34.6 Å². The number of hydrogen-bond acceptors (Lipinski definition) is 10. The molecule has 11 heteroatoms. The maximum Gasteiger partial charge on any atom is 0.409 e. The Morgan fingerprint density at radius 3 is 2.67 bits per heavy atom. The normalized spacial score (nSPS) is 26.2. The van der Waals surface area contributed by atoms with Crippen molar-refractivity contribution in [3.05, 3.63) is 53.2 Å². The highest BCUT2D eigenvalue weighted by molar-refractivity contribution is 5.97. The molecule has 1 amide bonds. The highest BCUT2D eigenvalue weighted by Crippen LogP contribution is 2.43. The largest absolute Gasteiger partial charge is 0.461 e. The number of anilines is 2. The van der Waals surface area contributed by atoms with Crippen molar-refractivity contribution in [1.82, 2.24) is 25.1 Å². The quantitative estimate of drug-likeness (QED) is 0.328. The van der Waals surface area contributed by atoms with Crippen LogP contribution in [0.4, 0.5) is 16.3 Å². The molecule has 0 saturated carbocycles. The van der Waals surface area contributed by atoms with Crippen LogP contribution < -0.4 is 19.9 Å². The molecule has 2 N–H and O–H groups in total. The van der Waals surface area contributed by atoms with Crippen LogP contribution in [0.3, 0.4) is 0 Å². The Labute approximate surface area is 289 Å². The van der Waals surface area contributed by atoms with Crippen LogP contribution in [0.1, 0.15) is 62.3 Å². The molecular formula is C38H51N7O4. The van der Waals surface area contributed by atoms with Crippen LogP contribution in [0.5, 0.6) is 6.01 Å². The third-order valence-electron chi connectivity index (χ3n) is 11.9. The summed E-state index contributed by atoms with van der Waals surface area (Å²) in [5.74, 6) is 1.06. The van der Waals surface area contributed by atoms with E-state index in [2.05, 4.69) is 63.3 Å². The Bertz CT molecular complexity index is 1670. The lowest BCUT2D eigenvalue weighted by Crippen LogP contribution is -2.52. The van der Waals surface area contributed by atoms with Crippen molar-refractivity contribution >= 4 is 28.4 Å². The number of likely N-dealkylation sites (N-methyl/N-ethyl adjacent to an activating group) is 1. The number of nitrogens with zero attached hydrogens (tertiary/aromatic N) is 6. The van der Waals surface area contributed by atoms with Gasteiger partial charge in [-0.25, -0.2) is 4.79 Å². The van der Waals surface area contributed by atoms with Gasteiger partial charge in [-0.15, -0.1) is 0 Å². The standard InChI is InChI=1S/C38H51N7O4/c1-3-26-7-4-8-27-9-5-10-33(34(26)27)43-18-14-31-32(23-43)40-36(41-35(31)44-21-28-11-12-29(22-44)39-28)49-25-38-15-6-17-45(38)30(13-16-38)24-48-37(47)42(2)19-20-46/h4-5,7-10,28-30,39,46H,3,6,11-25H2,1-2H3. The van der Waals surface area contributed by atoms with Crippen molar-refractivity contribution in [2.24, 2.45) is 0 Å². The number of ether oxygens (including phenoxy) is 2. The summed E-state index contributed by atoms with van der Waals surface area (Å²) < 4.78 is 12.3. The number of hydrogen-bond donors (Lipinski definition) is 2. The van der Waals surface area contributed by atoms with Crippen LogP contribution in [-0.2, 0) is 24.1 Å². The minimum Gasteiger partial charge on any atom is -0.461 e. The zero-order valence-corrected chi connectivity index (χ0v) is 29.1. The molecular weight excluding hydrogens is 618 g/mol. The highest BCUT2D eigenvalue weighted by atomic mass is 16.6. The average molecular weight is 670 g/mol. The van der Waals surface area contributed by atoms with Gasteiger partial charge in [-0.2, -0.15) is 9.97 Å². The van der Waals surface area contributed by atoms with Crippen molar-refractivity contribution in [2.75, 3.05) is 69.4 Å². The molecule has 6 heterocycles. The monoisotopic (exact) mass is 669 g/mol. The lowest BCUT2D eigenvalue weighted by atomic mass is 9.95. The zero-order chi connectivity index (χ0) is 33.5. The number of aliphatic hydroxyl groups excluding tert-OH is 1. The first-order valence-corrected chi connectivity index (χ1v) is 18.5. The van der Waals surface area contributed by atoms with Crippen LogP contribution in [0.2, 0.25) is 0 Å². The summed E-state index contributed by atoms with van der Waals surface area (Å²) in [4.78, 5) is 31.7. The Balaban J connectivity index is 1.05. The molecule has 8 rings (SSSR count). The molecule has 0 aliphatic carbocycles. The van der Waals surface area contributed by atoms with Gasteiger partial charge in [0.1, 0.15) is 19.0 Å². The van der Waals surface area contributed by atoms with E-state index in [9.17, 15) is 9.90 Å². The summed E-state index contributed by atoms with van der Waals surface area (Å²) in [6, 6.07) is 15.0. The molecule has 4 fully saturated rings. The Hall–Kier alpha value is -3.67. The van der Waals surface area contributed by atoms with E-state index >= 15 is 0 Å². The molecule has 1 aromatic heterocycles. The number of benzene rings is 2. The number of nitrogens with one attached hydrogen (secondary N) is 1. The maximum absolute atomic E-state index is 12.4. The number of rotatable bonds is 10. The van der Waals surface area contributed by atoms with Crippen LogP contribution in [0, 0.1) is 0 Å². The molecule has 4 atom stereocenters. The number of piperazine rings is 1. The molecule has 4 saturated heterocycles. The van der Waals surface area contributed by atoms with E-state index in [1.165, 1.54) is 45.3 Å². The summed E-state index contributed by atoms with van der Waals surface area (Å²) in [5, 5.41) is 15.6. The molecule has 5 aliphatic heterocycles.